The fourth-order valence-corrected chi connectivity index (χ4v) is 4.54. The van der Waals surface area contributed by atoms with E-state index >= 15 is 0 Å². The number of nitrogens with zero attached hydrogens (tertiary/aromatic N) is 1. The SMILES string of the molecule is COc1cc2c(cc1OC)CN(CCCNS(=O)(=O)c1ccc(F)cc1F)CC2. The van der Waals surface area contributed by atoms with E-state index in [0.717, 1.165) is 37.2 Å². The molecule has 6 nitrogen and oxygen atoms in total. The van der Waals surface area contributed by atoms with Gasteiger partial charge in [0.2, 0.25) is 10.0 Å². The highest BCUT2D eigenvalue weighted by molar-refractivity contribution is 7.89. The minimum Gasteiger partial charge on any atom is -0.493 e. The van der Waals surface area contributed by atoms with Crippen LogP contribution in [-0.4, -0.2) is 47.2 Å². The molecule has 0 bridgehead atoms. The Labute approximate surface area is 169 Å². The van der Waals surface area contributed by atoms with Crippen molar-refractivity contribution >= 4 is 10.0 Å². The summed E-state index contributed by atoms with van der Waals surface area (Å²) in [5.74, 6) is -0.528. The third-order valence-electron chi connectivity index (χ3n) is 4.92. The van der Waals surface area contributed by atoms with Crippen LogP contribution in [0.4, 0.5) is 8.78 Å². The average molecular weight is 426 g/mol. The fraction of sp³-hybridized carbons (Fsp3) is 0.400. The van der Waals surface area contributed by atoms with Crippen LogP contribution in [0.2, 0.25) is 0 Å². The summed E-state index contributed by atoms with van der Waals surface area (Å²) >= 11 is 0. The molecule has 0 atom stereocenters. The quantitative estimate of drug-likeness (QED) is 0.658. The van der Waals surface area contributed by atoms with E-state index in [1.54, 1.807) is 14.2 Å². The normalized spacial score (nSPS) is 14.5. The lowest BCUT2D eigenvalue weighted by atomic mass is 9.98. The van der Waals surface area contributed by atoms with Gasteiger partial charge in [-0.15, -0.1) is 0 Å². The Bertz CT molecular complexity index is 983. The standard InChI is InChI=1S/C20H24F2N2O4S/c1-27-18-10-14-6-9-24(13-15(14)11-19(18)28-2)8-3-7-23-29(25,26)20-5-4-16(21)12-17(20)22/h4-5,10-12,23H,3,6-9,13H2,1-2H3. The maximum Gasteiger partial charge on any atom is 0.243 e. The number of ether oxygens (including phenoxy) is 2. The summed E-state index contributed by atoms with van der Waals surface area (Å²) in [7, 11) is -0.809. The highest BCUT2D eigenvalue weighted by atomic mass is 32.2. The molecule has 29 heavy (non-hydrogen) atoms. The Hall–Kier alpha value is -2.23. The van der Waals surface area contributed by atoms with Gasteiger partial charge in [0.25, 0.3) is 0 Å². The molecule has 0 fully saturated rings. The number of benzene rings is 2. The van der Waals surface area contributed by atoms with Crippen molar-refractivity contribution in [1.82, 2.24) is 9.62 Å². The first-order valence-corrected chi connectivity index (χ1v) is 10.7. The summed E-state index contributed by atoms with van der Waals surface area (Å²) in [5, 5.41) is 0. The molecule has 2 aromatic carbocycles. The summed E-state index contributed by atoms with van der Waals surface area (Å²) in [6.07, 6.45) is 1.42. The second-order valence-corrected chi connectivity index (χ2v) is 8.56. The van der Waals surface area contributed by atoms with Crippen molar-refractivity contribution in [3.05, 3.63) is 53.1 Å². The van der Waals surface area contributed by atoms with Gasteiger partial charge in [0.15, 0.2) is 11.5 Å². The Morgan fingerprint density at radius 2 is 1.76 bits per heavy atom. The van der Waals surface area contributed by atoms with Crippen LogP contribution in [0.15, 0.2) is 35.2 Å². The smallest absolute Gasteiger partial charge is 0.243 e. The molecule has 1 aliphatic heterocycles. The van der Waals surface area contributed by atoms with Gasteiger partial charge in [-0.1, -0.05) is 0 Å². The maximum atomic E-state index is 13.7. The van der Waals surface area contributed by atoms with Crippen LogP contribution in [-0.2, 0) is 23.0 Å². The van der Waals surface area contributed by atoms with E-state index in [2.05, 4.69) is 9.62 Å². The Kier molecular flexibility index (Phi) is 6.71. The molecular formula is C20H24F2N2O4S. The number of hydrogen-bond donors (Lipinski definition) is 1. The zero-order valence-corrected chi connectivity index (χ0v) is 17.2. The molecule has 0 saturated carbocycles. The van der Waals surface area contributed by atoms with E-state index in [4.69, 9.17) is 9.47 Å². The van der Waals surface area contributed by atoms with Gasteiger partial charge in [-0.3, -0.25) is 4.90 Å². The Morgan fingerprint density at radius 3 is 2.41 bits per heavy atom. The van der Waals surface area contributed by atoms with Crippen molar-refractivity contribution in [2.75, 3.05) is 33.9 Å². The van der Waals surface area contributed by atoms with Gasteiger partial charge in [-0.25, -0.2) is 21.9 Å². The minimum atomic E-state index is -4.02. The monoisotopic (exact) mass is 426 g/mol. The number of nitrogens with one attached hydrogen (secondary N) is 1. The highest BCUT2D eigenvalue weighted by Gasteiger charge is 2.21. The molecule has 158 valence electrons. The van der Waals surface area contributed by atoms with Gasteiger partial charge in [-0.05, 0) is 54.8 Å². The van der Waals surface area contributed by atoms with E-state index in [0.29, 0.717) is 30.5 Å². The van der Waals surface area contributed by atoms with Crippen molar-refractivity contribution < 1.29 is 26.7 Å². The van der Waals surface area contributed by atoms with Crippen molar-refractivity contribution in [2.45, 2.75) is 24.3 Å². The molecule has 3 rings (SSSR count). The van der Waals surface area contributed by atoms with Gasteiger partial charge < -0.3 is 9.47 Å². The fourth-order valence-electron chi connectivity index (χ4n) is 3.41. The Balaban J connectivity index is 1.54. The van der Waals surface area contributed by atoms with Gasteiger partial charge in [0.05, 0.1) is 14.2 Å². The van der Waals surface area contributed by atoms with Crippen LogP contribution in [0, 0.1) is 11.6 Å². The molecule has 0 radical (unpaired) electrons. The van der Waals surface area contributed by atoms with Gasteiger partial charge in [0.1, 0.15) is 16.5 Å². The number of methoxy groups -OCH3 is 2. The molecule has 1 heterocycles. The minimum absolute atomic E-state index is 0.161. The maximum absolute atomic E-state index is 13.7. The summed E-state index contributed by atoms with van der Waals surface area (Å²) < 4.78 is 64.2. The van der Waals surface area contributed by atoms with Crippen LogP contribution in [0.3, 0.4) is 0 Å². The molecule has 9 heteroatoms. The van der Waals surface area contributed by atoms with Crippen molar-refractivity contribution in [3.63, 3.8) is 0 Å². The van der Waals surface area contributed by atoms with Crippen molar-refractivity contribution in [3.8, 4) is 11.5 Å². The van der Waals surface area contributed by atoms with Crippen LogP contribution >= 0.6 is 0 Å². The van der Waals surface area contributed by atoms with E-state index in [1.165, 1.54) is 5.56 Å². The second kappa shape index (κ2) is 9.06. The lowest BCUT2D eigenvalue weighted by Gasteiger charge is -2.29. The second-order valence-electron chi connectivity index (χ2n) is 6.83. The number of hydrogen-bond acceptors (Lipinski definition) is 5. The lowest BCUT2D eigenvalue weighted by Crippen LogP contribution is -2.34. The number of rotatable bonds is 8. The molecule has 0 unspecified atom stereocenters. The summed E-state index contributed by atoms with van der Waals surface area (Å²) in [6, 6.07) is 6.38. The van der Waals surface area contributed by atoms with E-state index in [9.17, 15) is 17.2 Å². The van der Waals surface area contributed by atoms with Crippen molar-refractivity contribution in [2.24, 2.45) is 0 Å². The summed E-state index contributed by atoms with van der Waals surface area (Å²) in [4.78, 5) is 1.67. The molecule has 0 aromatic heterocycles. The summed E-state index contributed by atoms with van der Waals surface area (Å²) in [6.45, 7) is 2.42. The van der Waals surface area contributed by atoms with Crippen LogP contribution in [0.1, 0.15) is 17.5 Å². The third kappa shape index (κ3) is 5.04. The molecule has 1 aliphatic rings. The number of fused-ring (bicyclic) bond motifs is 1. The van der Waals surface area contributed by atoms with Crippen LogP contribution in [0.5, 0.6) is 11.5 Å². The van der Waals surface area contributed by atoms with E-state index < -0.39 is 26.6 Å². The average Bonchev–Trinajstić information content (AvgIpc) is 2.69. The number of sulfonamides is 1. The van der Waals surface area contributed by atoms with E-state index in [1.807, 2.05) is 12.1 Å². The largest absolute Gasteiger partial charge is 0.493 e. The predicted molar refractivity (Wildman–Crippen MR) is 105 cm³/mol. The Morgan fingerprint density at radius 1 is 1.07 bits per heavy atom. The lowest BCUT2D eigenvalue weighted by molar-refractivity contribution is 0.250. The first-order chi connectivity index (χ1) is 13.8. The third-order valence-corrected chi connectivity index (χ3v) is 6.42. The van der Waals surface area contributed by atoms with Crippen LogP contribution in [0.25, 0.3) is 0 Å². The first kappa shape index (κ1) is 21.5. The molecule has 0 spiro atoms. The van der Waals surface area contributed by atoms with Gasteiger partial charge in [0, 0.05) is 25.7 Å². The zero-order chi connectivity index (χ0) is 21.0. The van der Waals surface area contributed by atoms with Crippen molar-refractivity contribution in [1.29, 1.82) is 0 Å². The highest BCUT2D eigenvalue weighted by Crippen LogP contribution is 2.33. The first-order valence-electron chi connectivity index (χ1n) is 9.25. The van der Waals surface area contributed by atoms with Gasteiger partial charge >= 0.3 is 0 Å². The number of halogens is 2. The topological polar surface area (TPSA) is 67.9 Å². The summed E-state index contributed by atoms with van der Waals surface area (Å²) in [5.41, 5.74) is 2.37. The zero-order valence-electron chi connectivity index (χ0n) is 16.4. The molecular weight excluding hydrogens is 402 g/mol. The molecule has 1 N–H and O–H groups in total. The molecule has 0 saturated heterocycles. The molecule has 0 amide bonds. The van der Waals surface area contributed by atoms with Crippen LogP contribution < -0.4 is 14.2 Å². The van der Waals surface area contributed by atoms with E-state index in [-0.39, 0.29) is 6.54 Å². The predicted octanol–water partition coefficient (Wildman–Crippen LogP) is 2.71. The molecule has 0 aliphatic carbocycles. The van der Waals surface area contributed by atoms with Gasteiger partial charge in [-0.2, -0.15) is 0 Å². The molecule has 2 aromatic rings.